The van der Waals surface area contributed by atoms with E-state index >= 15 is 0 Å². The number of allylic oxidation sites excluding steroid dienone is 3. The van der Waals surface area contributed by atoms with E-state index in [0.29, 0.717) is 24.4 Å². The molecule has 1 aromatic carbocycles. The molecule has 110 valence electrons. The first-order valence-corrected chi connectivity index (χ1v) is 7.66. The maximum absolute atomic E-state index is 12.4. The molecule has 0 atom stereocenters. The molecule has 1 aliphatic heterocycles. The molecular formula is C17H19BrN2O. The number of carbonyl (C=O) groups is 1. The summed E-state index contributed by atoms with van der Waals surface area (Å²) in [7, 11) is 0. The van der Waals surface area contributed by atoms with Crippen molar-refractivity contribution in [3.05, 3.63) is 64.2 Å². The number of halogens is 1. The highest BCUT2D eigenvalue weighted by atomic mass is 79.9. The van der Waals surface area contributed by atoms with Crippen molar-refractivity contribution in [2.45, 2.75) is 19.9 Å². The number of piperidine rings is 1. The first-order valence-electron chi connectivity index (χ1n) is 6.86. The Labute approximate surface area is 133 Å². The van der Waals surface area contributed by atoms with E-state index in [1.54, 1.807) is 0 Å². The fraction of sp³-hybridized carbons (Fsp3) is 0.235. The molecule has 0 spiro atoms. The van der Waals surface area contributed by atoms with E-state index in [2.05, 4.69) is 22.5 Å². The zero-order chi connectivity index (χ0) is 15.4. The minimum atomic E-state index is -0.00803. The molecule has 1 fully saturated rings. The molecule has 0 aromatic heterocycles. The van der Waals surface area contributed by atoms with E-state index in [4.69, 9.17) is 5.73 Å². The molecule has 0 radical (unpaired) electrons. The largest absolute Gasteiger partial charge is 0.399 e. The number of nitrogens with zero attached hydrogens (tertiary/aromatic N) is 1. The predicted octanol–water partition coefficient (Wildman–Crippen LogP) is 3.78. The van der Waals surface area contributed by atoms with Crippen LogP contribution in [0.2, 0.25) is 0 Å². The summed E-state index contributed by atoms with van der Waals surface area (Å²) in [4.78, 5) is 14.2. The normalized spacial score (nSPS) is 18.5. The average molecular weight is 347 g/mol. The summed E-state index contributed by atoms with van der Waals surface area (Å²) < 4.78 is 0.968. The molecule has 2 N–H and O–H groups in total. The lowest BCUT2D eigenvalue weighted by Gasteiger charge is -2.30. The SMILES string of the molecule is C=C1C(=O)N(Cc2cccc(N)c2)CC/C1=C/C(Br)=C\C. The third kappa shape index (κ3) is 3.85. The van der Waals surface area contributed by atoms with Gasteiger partial charge in [-0.3, -0.25) is 4.79 Å². The smallest absolute Gasteiger partial charge is 0.253 e. The van der Waals surface area contributed by atoms with Gasteiger partial charge in [0.1, 0.15) is 0 Å². The number of carbonyl (C=O) groups excluding carboxylic acids is 1. The standard InChI is InChI=1S/C17H19BrN2O/c1-3-15(18)10-14-7-8-20(17(21)12(14)2)11-13-5-4-6-16(19)9-13/h3-6,9-10H,2,7-8,11,19H2,1H3/b14-10-,15-3+. The molecular weight excluding hydrogens is 328 g/mol. The topological polar surface area (TPSA) is 46.3 Å². The monoisotopic (exact) mass is 346 g/mol. The molecule has 3 nitrogen and oxygen atoms in total. The Morgan fingerprint density at radius 3 is 2.95 bits per heavy atom. The number of benzene rings is 1. The van der Waals surface area contributed by atoms with Gasteiger partial charge in [-0.25, -0.2) is 0 Å². The molecule has 2 rings (SSSR count). The van der Waals surface area contributed by atoms with Gasteiger partial charge in [0, 0.05) is 28.8 Å². The van der Waals surface area contributed by atoms with Gasteiger partial charge < -0.3 is 10.6 Å². The van der Waals surface area contributed by atoms with Crippen molar-refractivity contribution in [1.82, 2.24) is 4.90 Å². The lowest BCUT2D eigenvalue weighted by molar-refractivity contribution is -0.128. The molecule has 0 unspecified atom stereocenters. The number of hydrogen-bond acceptors (Lipinski definition) is 2. The van der Waals surface area contributed by atoms with Crippen LogP contribution in [-0.4, -0.2) is 17.4 Å². The minimum absolute atomic E-state index is 0.00803. The number of anilines is 1. The third-order valence-corrected chi connectivity index (χ3v) is 4.18. The Morgan fingerprint density at radius 1 is 1.52 bits per heavy atom. The molecule has 1 saturated heterocycles. The number of nitrogen functional groups attached to an aromatic ring is 1. The lowest BCUT2D eigenvalue weighted by Crippen LogP contribution is -2.37. The number of amides is 1. The van der Waals surface area contributed by atoms with Crippen LogP contribution in [0.15, 0.2) is 58.6 Å². The van der Waals surface area contributed by atoms with Crippen molar-refractivity contribution < 1.29 is 4.79 Å². The van der Waals surface area contributed by atoms with E-state index in [1.165, 1.54) is 0 Å². The molecule has 21 heavy (non-hydrogen) atoms. The average Bonchev–Trinajstić information content (AvgIpc) is 2.47. The highest BCUT2D eigenvalue weighted by Crippen LogP contribution is 2.26. The molecule has 4 heteroatoms. The first kappa shape index (κ1) is 15.6. The summed E-state index contributed by atoms with van der Waals surface area (Å²) in [6.07, 6.45) is 4.73. The van der Waals surface area contributed by atoms with Crippen LogP contribution in [0.5, 0.6) is 0 Å². The van der Waals surface area contributed by atoms with E-state index in [9.17, 15) is 4.79 Å². The maximum atomic E-state index is 12.4. The van der Waals surface area contributed by atoms with Gasteiger partial charge in [0.15, 0.2) is 0 Å². The Hall–Kier alpha value is -1.81. The lowest BCUT2D eigenvalue weighted by atomic mass is 9.97. The quantitative estimate of drug-likeness (QED) is 0.668. The number of likely N-dealkylation sites (tertiary alicyclic amines) is 1. The Kier molecular flexibility index (Phi) is 5.02. The zero-order valence-corrected chi connectivity index (χ0v) is 13.7. The van der Waals surface area contributed by atoms with Crippen LogP contribution in [-0.2, 0) is 11.3 Å². The van der Waals surface area contributed by atoms with Crippen molar-refractivity contribution in [2.75, 3.05) is 12.3 Å². The Morgan fingerprint density at radius 2 is 2.29 bits per heavy atom. The van der Waals surface area contributed by atoms with Crippen molar-refractivity contribution in [2.24, 2.45) is 0 Å². The van der Waals surface area contributed by atoms with Crippen molar-refractivity contribution >= 4 is 27.5 Å². The van der Waals surface area contributed by atoms with Gasteiger partial charge in [-0.05, 0) is 42.7 Å². The number of hydrogen-bond donors (Lipinski definition) is 1. The van der Waals surface area contributed by atoms with Gasteiger partial charge in [-0.15, -0.1) is 0 Å². The zero-order valence-electron chi connectivity index (χ0n) is 12.1. The Bertz CT molecular complexity index is 631. The molecule has 0 saturated carbocycles. The highest BCUT2D eigenvalue weighted by Gasteiger charge is 2.25. The molecule has 1 heterocycles. The number of rotatable bonds is 3. The van der Waals surface area contributed by atoms with Crippen LogP contribution < -0.4 is 5.73 Å². The van der Waals surface area contributed by atoms with E-state index in [1.807, 2.05) is 48.2 Å². The van der Waals surface area contributed by atoms with Crippen LogP contribution in [0, 0.1) is 0 Å². The van der Waals surface area contributed by atoms with Gasteiger partial charge in [0.2, 0.25) is 0 Å². The van der Waals surface area contributed by atoms with Crippen LogP contribution in [0.4, 0.5) is 5.69 Å². The third-order valence-electron chi connectivity index (χ3n) is 3.50. The minimum Gasteiger partial charge on any atom is -0.399 e. The van der Waals surface area contributed by atoms with Gasteiger partial charge in [0.05, 0.1) is 0 Å². The number of nitrogens with two attached hydrogens (primary N) is 1. The van der Waals surface area contributed by atoms with Crippen molar-refractivity contribution in [3.63, 3.8) is 0 Å². The van der Waals surface area contributed by atoms with E-state index in [0.717, 1.165) is 22.0 Å². The fourth-order valence-electron chi connectivity index (χ4n) is 2.31. The second kappa shape index (κ2) is 6.76. The summed E-state index contributed by atoms with van der Waals surface area (Å²) in [6, 6.07) is 7.63. The summed E-state index contributed by atoms with van der Waals surface area (Å²) in [6.45, 7) is 7.15. The van der Waals surface area contributed by atoms with Gasteiger partial charge in [-0.1, -0.05) is 40.7 Å². The highest BCUT2D eigenvalue weighted by molar-refractivity contribution is 9.11. The van der Waals surface area contributed by atoms with Gasteiger partial charge in [0.25, 0.3) is 5.91 Å². The second-order valence-corrected chi connectivity index (χ2v) is 5.96. The molecule has 1 aromatic rings. The van der Waals surface area contributed by atoms with Crippen LogP contribution in [0.25, 0.3) is 0 Å². The second-order valence-electron chi connectivity index (χ2n) is 5.04. The van der Waals surface area contributed by atoms with Gasteiger partial charge >= 0.3 is 0 Å². The summed E-state index contributed by atoms with van der Waals surface area (Å²) in [5.41, 5.74) is 9.10. The first-order chi connectivity index (χ1) is 10.0. The van der Waals surface area contributed by atoms with E-state index in [-0.39, 0.29) is 5.91 Å². The molecule has 1 aliphatic rings. The maximum Gasteiger partial charge on any atom is 0.253 e. The van der Waals surface area contributed by atoms with Gasteiger partial charge in [-0.2, -0.15) is 0 Å². The fourth-order valence-corrected chi connectivity index (χ4v) is 2.58. The van der Waals surface area contributed by atoms with Crippen molar-refractivity contribution in [1.29, 1.82) is 0 Å². The van der Waals surface area contributed by atoms with Crippen LogP contribution >= 0.6 is 15.9 Å². The molecule has 0 aliphatic carbocycles. The Balaban J connectivity index is 2.11. The molecule has 0 bridgehead atoms. The van der Waals surface area contributed by atoms with E-state index < -0.39 is 0 Å². The predicted molar refractivity (Wildman–Crippen MR) is 90.8 cm³/mol. The summed E-state index contributed by atoms with van der Waals surface area (Å²) >= 11 is 3.44. The summed E-state index contributed by atoms with van der Waals surface area (Å²) in [5, 5.41) is 0. The van der Waals surface area contributed by atoms with Crippen molar-refractivity contribution in [3.8, 4) is 0 Å². The van der Waals surface area contributed by atoms with Crippen LogP contribution in [0.3, 0.4) is 0 Å². The van der Waals surface area contributed by atoms with Crippen LogP contribution in [0.1, 0.15) is 18.9 Å². The molecule has 1 amide bonds. The summed E-state index contributed by atoms with van der Waals surface area (Å²) in [5.74, 6) is -0.00803.